The van der Waals surface area contributed by atoms with E-state index in [1.165, 1.54) is 12.7 Å². The van der Waals surface area contributed by atoms with Gasteiger partial charge in [0.05, 0.1) is 32.4 Å². The minimum Gasteiger partial charge on any atom is -0.469 e. The lowest BCUT2D eigenvalue weighted by molar-refractivity contribution is -0.149. The highest BCUT2D eigenvalue weighted by molar-refractivity contribution is 6.30. The van der Waals surface area contributed by atoms with Gasteiger partial charge < -0.3 is 9.47 Å². The van der Waals surface area contributed by atoms with E-state index in [1.54, 1.807) is 0 Å². The lowest BCUT2D eigenvalue weighted by Gasteiger charge is -2.46. The van der Waals surface area contributed by atoms with E-state index in [-0.39, 0.29) is 30.7 Å². The van der Waals surface area contributed by atoms with Crippen molar-refractivity contribution >= 4 is 17.6 Å². The molecule has 1 unspecified atom stereocenters. The van der Waals surface area contributed by atoms with Crippen LogP contribution in [-0.4, -0.2) is 56.5 Å². The number of hydrogen-bond acceptors (Lipinski definition) is 6. The minimum atomic E-state index is -0.238. The van der Waals surface area contributed by atoms with Gasteiger partial charge in [0.1, 0.15) is 0 Å². The molecule has 2 rings (SSSR count). The Balaban J connectivity index is 2.18. The highest BCUT2D eigenvalue weighted by atomic mass is 35.5. The molecule has 0 radical (unpaired) electrons. The monoisotopic (exact) mass is 397 g/mol. The van der Waals surface area contributed by atoms with Crippen molar-refractivity contribution in [3.63, 3.8) is 0 Å². The van der Waals surface area contributed by atoms with E-state index < -0.39 is 0 Å². The van der Waals surface area contributed by atoms with Crippen LogP contribution in [0.5, 0.6) is 0 Å². The zero-order valence-corrected chi connectivity index (χ0v) is 17.5. The summed E-state index contributed by atoms with van der Waals surface area (Å²) < 4.78 is 10.8. The Kier molecular flexibility index (Phi) is 8.99. The molecule has 0 amide bonds. The zero-order chi connectivity index (χ0) is 19.8. The molecule has 0 aliphatic carbocycles. The van der Waals surface area contributed by atoms with Gasteiger partial charge in [-0.25, -0.2) is 5.43 Å². The fraction of sp³-hybridized carbons (Fsp3) is 0.650. The number of methoxy groups -OCH3 is 1. The SMILES string of the molecule is CCC(C)[C@H](NNC)N1C[C@H](CC(=O)OC)OC[C@@H]1Cc1ccc(Cl)cc1. The predicted octanol–water partition coefficient (Wildman–Crippen LogP) is 2.61. The number of halogens is 1. The van der Waals surface area contributed by atoms with Gasteiger partial charge in [0.25, 0.3) is 0 Å². The Labute approximate surface area is 167 Å². The first-order chi connectivity index (χ1) is 13.0. The predicted molar refractivity (Wildman–Crippen MR) is 107 cm³/mol. The lowest BCUT2D eigenvalue weighted by Crippen LogP contribution is -2.62. The first-order valence-electron chi connectivity index (χ1n) is 9.59. The number of ether oxygens (including phenoxy) is 2. The number of carbonyl (C=O) groups is 1. The normalized spacial score (nSPS) is 23.0. The Morgan fingerprint density at radius 2 is 2.11 bits per heavy atom. The number of nitrogens with one attached hydrogen (secondary N) is 2. The third-order valence-electron chi connectivity index (χ3n) is 5.25. The highest BCUT2D eigenvalue weighted by Gasteiger charge is 2.36. The maximum Gasteiger partial charge on any atom is 0.308 e. The molecule has 1 aromatic rings. The Morgan fingerprint density at radius 1 is 1.41 bits per heavy atom. The van der Waals surface area contributed by atoms with E-state index in [2.05, 4.69) is 41.7 Å². The van der Waals surface area contributed by atoms with Gasteiger partial charge in [-0.15, -0.1) is 0 Å². The van der Waals surface area contributed by atoms with Gasteiger partial charge in [-0.1, -0.05) is 44.0 Å². The molecule has 0 spiro atoms. The van der Waals surface area contributed by atoms with Crippen LogP contribution in [0.4, 0.5) is 0 Å². The average molecular weight is 398 g/mol. The molecule has 1 aliphatic heterocycles. The molecule has 7 heteroatoms. The van der Waals surface area contributed by atoms with Gasteiger partial charge in [0, 0.05) is 17.6 Å². The van der Waals surface area contributed by atoms with Gasteiger partial charge in [-0.3, -0.25) is 15.1 Å². The summed E-state index contributed by atoms with van der Waals surface area (Å²) in [6.45, 7) is 5.67. The Bertz CT molecular complexity index is 584. The average Bonchev–Trinajstić information content (AvgIpc) is 2.68. The fourth-order valence-corrected chi connectivity index (χ4v) is 3.63. The van der Waals surface area contributed by atoms with E-state index in [1.807, 2.05) is 19.2 Å². The number of rotatable bonds is 9. The molecule has 152 valence electrons. The number of morpholine rings is 1. The molecule has 4 atom stereocenters. The maximum absolute atomic E-state index is 11.7. The molecule has 6 nitrogen and oxygen atoms in total. The van der Waals surface area contributed by atoms with Crippen molar-refractivity contribution in [2.24, 2.45) is 5.92 Å². The first-order valence-corrected chi connectivity index (χ1v) is 9.97. The molecule has 0 aromatic heterocycles. The number of benzene rings is 1. The molecule has 2 N–H and O–H groups in total. The number of nitrogens with zero attached hydrogens (tertiary/aromatic N) is 1. The summed E-state index contributed by atoms with van der Waals surface area (Å²) in [6, 6.07) is 8.17. The second-order valence-electron chi connectivity index (χ2n) is 7.14. The summed E-state index contributed by atoms with van der Waals surface area (Å²) in [5.41, 5.74) is 7.72. The second kappa shape index (κ2) is 11.0. The van der Waals surface area contributed by atoms with Gasteiger partial charge in [0.2, 0.25) is 0 Å². The summed E-state index contributed by atoms with van der Waals surface area (Å²) in [5.74, 6) is 0.194. The lowest BCUT2D eigenvalue weighted by atomic mass is 9.97. The van der Waals surface area contributed by atoms with Gasteiger partial charge >= 0.3 is 5.97 Å². The van der Waals surface area contributed by atoms with Crippen LogP contribution >= 0.6 is 11.6 Å². The van der Waals surface area contributed by atoms with Crippen LogP contribution in [0.2, 0.25) is 5.02 Å². The fourth-order valence-electron chi connectivity index (χ4n) is 3.51. The zero-order valence-electron chi connectivity index (χ0n) is 16.7. The van der Waals surface area contributed by atoms with Crippen LogP contribution in [0.1, 0.15) is 32.3 Å². The van der Waals surface area contributed by atoms with Crippen molar-refractivity contribution in [2.75, 3.05) is 27.3 Å². The molecule has 0 saturated carbocycles. The number of esters is 1. The van der Waals surface area contributed by atoms with Crippen LogP contribution in [0, 0.1) is 5.92 Å². The molecule has 0 bridgehead atoms. The maximum atomic E-state index is 11.7. The summed E-state index contributed by atoms with van der Waals surface area (Å²) >= 11 is 6.02. The summed E-state index contributed by atoms with van der Waals surface area (Å²) in [7, 11) is 3.30. The topological polar surface area (TPSA) is 62.8 Å². The van der Waals surface area contributed by atoms with Gasteiger partial charge in [-0.05, 0) is 37.1 Å². The van der Waals surface area contributed by atoms with E-state index >= 15 is 0 Å². The molecule has 27 heavy (non-hydrogen) atoms. The number of carbonyl (C=O) groups excluding carboxylic acids is 1. The largest absolute Gasteiger partial charge is 0.469 e. The number of hydrogen-bond donors (Lipinski definition) is 2. The molecule has 1 aliphatic rings. The number of hydrazine groups is 1. The molecule has 1 fully saturated rings. The van der Waals surface area contributed by atoms with Crippen LogP contribution in [0.15, 0.2) is 24.3 Å². The van der Waals surface area contributed by atoms with E-state index in [4.69, 9.17) is 21.1 Å². The minimum absolute atomic E-state index is 0.140. The second-order valence-corrected chi connectivity index (χ2v) is 7.58. The molecule has 1 aromatic carbocycles. The van der Waals surface area contributed by atoms with Gasteiger partial charge in [-0.2, -0.15) is 0 Å². The quantitative estimate of drug-likeness (QED) is 0.493. The van der Waals surface area contributed by atoms with Crippen LogP contribution in [-0.2, 0) is 20.7 Å². The molecule has 1 heterocycles. The van der Waals surface area contributed by atoms with Crippen molar-refractivity contribution in [1.82, 2.24) is 15.8 Å². The van der Waals surface area contributed by atoms with E-state index in [0.29, 0.717) is 19.1 Å². The molecule has 1 saturated heterocycles. The van der Waals surface area contributed by atoms with Crippen LogP contribution < -0.4 is 10.9 Å². The smallest absolute Gasteiger partial charge is 0.308 e. The molecular weight excluding hydrogens is 366 g/mol. The standard InChI is InChI=1S/C20H32ClN3O3/c1-5-14(2)20(23-22-3)24-12-18(11-19(25)26-4)27-13-17(24)10-15-6-8-16(21)9-7-15/h6-9,14,17-18,20,22-23H,5,10-13H2,1-4H3/t14?,17-,18-,20+/m0/s1. The summed E-state index contributed by atoms with van der Waals surface area (Å²) in [6.07, 6.45) is 2.16. The van der Waals surface area contributed by atoms with E-state index in [0.717, 1.165) is 17.9 Å². The summed E-state index contributed by atoms with van der Waals surface area (Å²) in [5, 5.41) is 0.739. The molecular formula is C20H32ClN3O3. The Morgan fingerprint density at radius 3 is 2.70 bits per heavy atom. The highest BCUT2D eigenvalue weighted by Crippen LogP contribution is 2.24. The Hall–Kier alpha value is -1.18. The van der Waals surface area contributed by atoms with Crippen molar-refractivity contribution in [1.29, 1.82) is 0 Å². The van der Waals surface area contributed by atoms with Crippen molar-refractivity contribution in [3.8, 4) is 0 Å². The summed E-state index contributed by atoms with van der Waals surface area (Å²) in [4.78, 5) is 14.1. The van der Waals surface area contributed by atoms with Crippen LogP contribution in [0.25, 0.3) is 0 Å². The first kappa shape index (κ1) is 22.1. The van der Waals surface area contributed by atoms with Crippen molar-refractivity contribution in [3.05, 3.63) is 34.9 Å². The van der Waals surface area contributed by atoms with Crippen molar-refractivity contribution < 1.29 is 14.3 Å². The van der Waals surface area contributed by atoms with Gasteiger partial charge in [0.15, 0.2) is 0 Å². The van der Waals surface area contributed by atoms with Crippen LogP contribution in [0.3, 0.4) is 0 Å². The third kappa shape index (κ3) is 6.43. The third-order valence-corrected chi connectivity index (χ3v) is 5.50. The van der Waals surface area contributed by atoms with E-state index in [9.17, 15) is 4.79 Å². The van der Waals surface area contributed by atoms with Crippen molar-refractivity contribution in [2.45, 2.75) is 51.4 Å².